The van der Waals surface area contributed by atoms with Gasteiger partial charge in [-0.05, 0) is 65.3 Å². The average molecular weight is 654 g/mol. The normalized spacial score (nSPS) is 42.9. The van der Waals surface area contributed by atoms with Crippen LogP contribution in [0.1, 0.15) is 74.1 Å². The number of nitrogens with one attached hydrogen (secondary N) is 1. The third-order valence-electron chi connectivity index (χ3n) is 9.74. The number of hydrogen-bond acceptors (Lipinski definition) is 12. The van der Waals surface area contributed by atoms with Gasteiger partial charge in [0.25, 0.3) is 0 Å². The Morgan fingerprint density at radius 3 is 2.43 bits per heavy atom. The standard InChI is InChI=1S/C33H55N3O10/c1-10-25-19(4)31-33(7,46-31)13-11-23(38)17(2)15-22(12-14-34-35-21(6)37)30(18(3)24(39)16-26(40)44-25)45-32-29(42)27(36(8)9)28(41)20(5)43-32/h11,13-14,17-20,22,24-25,27-32,39,41-42H,10,12,15-16H2,1-9H3,(H,35,37). The quantitative estimate of drug-likeness (QED) is 0.136. The number of allylic oxidation sites excluding steroid dienone is 1. The van der Waals surface area contributed by atoms with Crippen LogP contribution in [-0.4, -0.2) is 119 Å². The van der Waals surface area contributed by atoms with Crippen LogP contribution in [-0.2, 0) is 33.3 Å². The number of hydrazone groups is 1. The monoisotopic (exact) mass is 653 g/mol. The number of nitrogens with zero attached hydrogens (tertiary/aromatic N) is 2. The number of ketones is 1. The second-order valence-electron chi connectivity index (χ2n) is 13.7. The number of carbonyl (C=O) groups excluding carboxylic acids is 3. The van der Waals surface area contributed by atoms with Gasteiger partial charge in [0.2, 0.25) is 5.91 Å². The molecule has 0 bridgehead atoms. The Morgan fingerprint density at radius 1 is 1.15 bits per heavy atom. The predicted octanol–water partition coefficient (Wildman–Crippen LogP) is 1.56. The second kappa shape index (κ2) is 16.2. The number of epoxide rings is 1. The fraction of sp³-hybridized carbons (Fsp3) is 0.818. The molecule has 4 N–H and O–H groups in total. The summed E-state index contributed by atoms with van der Waals surface area (Å²) in [6.45, 7) is 12.3. The molecule has 46 heavy (non-hydrogen) atoms. The summed E-state index contributed by atoms with van der Waals surface area (Å²) in [6.07, 6.45) is -1.34. The van der Waals surface area contributed by atoms with Gasteiger partial charge in [-0.15, -0.1) is 0 Å². The van der Waals surface area contributed by atoms with Crippen LogP contribution in [0.2, 0.25) is 0 Å². The molecule has 3 aliphatic rings. The highest BCUT2D eigenvalue weighted by Gasteiger charge is 2.55. The van der Waals surface area contributed by atoms with Gasteiger partial charge < -0.3 is 39.2 Å². The summed E-state index contributed by atoms with van der Waals surface area (Å²) in [6, 6.07) is -0.705. The minimum Gasteiger partial charge on any atom is -0.462 e. The van der Waals surface area contributed by atoms with Crippen LogP contribution in [0.5, 0.6) is 0 Å². The molecule has 0 radical (unpaired) electrons. The highest BCUT2D eigenvalue weighted by atomic mass is 16.7. The van der Waals surface area contributed by atoms with Gasteiger partial charge >= 0.3 is 5.97 Å². The van der Waals surface area contributed by atoms with Crippen molar-refractivity contribution in [3.05, 3.63) is 12.2 Å². The second-order valence-corrected chi connectivity index (χ2v) is 13.7. The van der Waals surface area contributed by atoms with Gasteiger partial charge in [0, 0.05) is 30.9 Å². The van der Waals surface area contributed by atoms with Crippen molar-refractivity contribution >= 4 is 23.9 Å². The lowest BCUT2D eigenvalue weighted by Crippen LogP contribution is -2.63. The number of cyclic esters (lactones) is 1. The number of esters is 1. The van der Waals surface area contributed by atoms with E-state index in [0.29, 0.717) is 6.42 Å². The zero-order valence-corrected chi connectivity index (χ0v) is 28.7. The van der Waals surface area contributed by atoms with E-state index < -0.39 is 78.3 Å². The topological polar surface area (TPSA) is 180 Å². The summed E-state index contributed by atoms with van der Waals surface area (Å²) in [7, 11) is 3.47. The first kappa shape index (κ1) is 38.2. The molecular formula is C33H55N3O10. The Balaban J connectivity index is 2.02. The summed E-state index contributed by atoms with van der Waals surface area (Å²) in [5.74, 6) is -2.87. The zero-order valence-electron chi connectivity index (χ0n) is 28.7. The lowest BCUT2D eigenvalue weighted by atomic mass is 9.79. The van der Waals surface area contributed by atoms with E-state index in [1.807, 2.05) is 20.8 Å². The number of aliphatic hydroxyl groups excluding tert-OH is 3. The molecule has 1 amide bonds. The van der Waals surface area contributed by atoms with Crippen molar-refractivity contribution in [3.63, 3.8) is 0 Å². The molecule has 13 heteroatoms. The first-order chi connectivity index (χ1) is 21.5. The summed E-state index contributed by atoms with van der Waals surface area (Å²) in [5.41, 5.74) is 1.70. The summed E-state index contributed by atoms with van der Waals surface area (Å²) >= 11 is 0. The molecule has 0 saturated carbocycles. The number of amides is 1. The van der Waals surface area contributed by atoms with Gasteiger partial charge in [0.05, 0.1) is 43.0 Å². The van der Waals surface area contributed by atoms with E-state index >= 15 is 0 Å². The van der Waals surface area contributed by atoms with Gasteiger partial charge in [-0.3, -0.25) is 14.4 Å². The smallest absolute Gasteiger partial charge is 0.308 e. The number of likely N-dealkylation sites (N-methyl/N-ethyl adjacent to an activating group) is 1. The highest BCUT2D eigenvalue weighted by molar-refractivity contribution is 5.91. The number of ether oxygens (including phenoxy) is 4. The Labute approximate surface area is 272 Å². The van der Waals surface area contributed by atoms with E-state index in [1.165, 1.54) is 19.2 Å². The van der Waals surface area contributed by atoms with Crippen LogP contribution in [0, 0.1) is 23.7 Å². The molecule has 2 saturated heterocycles. The van der Waals surface area contributed by atoms with E-state index in [4.69, 9.17) is 18.9 Å². The number of carbonyl (C=O) groups is 3. The van der Waals surface area contributed by atoms with Crippen molar-refractivity contribution in [2.45, 2.75) is 135 Å². The fourth-order valence-corrected chi connectivity index (χ4v) is 6.78. The number of fused-ring (bicyclic) bond motifs is 1. The van der Waals surface area contributed by atoms with Crippen LogP contribution in [0.4, 0.5) is 0 Å². The third kappa shape index (κ3) is 9.42. The molecule has 0 aromatic rings. The number of aliphatic hydroxyl groups is 3. The third-order valence-corrected chi connectivity index (χ3v) is 9.74. The predicted molar refractivity (Wildman–Crippen MR) is 169 cm³/mol. The van der Waals surface area contributed by atoms with Crippen LogP contribution in [0.3, 0.4) is 0 Å². The van der Waals surface area contributed by atoms with Gasteiger partial charge in [0.15, 0.2) is 12.1 Å². The molecule has 0 aromatic heterocycles. The summed E-state index contributed by atoms with van der Waals surface area (Å²) in [4.78, 5) is 39.7. The Kier molecular flexibility index (Phi) is 13.5. The molecule has 3 aliphatic heterocycles. The first-order valence-electron chi connectivity index (χ1n) is 16.4. The largest absolute Gasteiger partial charge is 0.462 e. The fourth-order valence-electron chi connectivity index (χ4n) is 6.78. The summed E-state index contributed by atoms with van der Waals surface area (Å²) in [5, 5.41) is 37.5. The maximum absolute atomic E-state index is 13.4. The Bertz CT molecular complexity index is 1120. The molecule has 262 valence electrons. The zero-order chi connectivity index (χ0) is 34.5. The maximum atomic E-state index is 13.4. The number of hydrogen-bond donors (Lipinski definition) is 4. The molecule has 0 spiro atoms. The molecular weight excluding hydrogens is 598 g/mol. The first-order valence-corrected chi connectivity index (χ1v) is 16.4. The van der Waals surface area contributed by atoms with Gasteiger partial charge in [0.1, 0.15) is 17.8 Å². The van der Waals surface area contributed by atoms with E-state index in [1.54, 1.807) is 45.8 Å². The van der Waals surface area contributed by atoms with Gasteiger partial charge in [-0.2, -0.15) is 5.10 Å². The van der Waals surface area contributed by atoms with E-state index in [2.05, 4.69) is 10.5 Å². The Morgan fingerprint density at radius 2 is 1.83 bits per heavy atom. The minimum atomic E-state index is -1.26. The van der Waals surface area contributed by atoms with E-state index in [9.17, 15) is 29.7 Å². The van der Waals surface area contributed by atoms with Crippen LogP contribution in [0.25, 0.3) is 0 Å². The van der Waals surface area contributed by atoms with Crippen molar-refractivity contribution in [2.75, 3.05) is 14.1 Å². The Hall–Kier alpha value is -2.26. The SMILES string of the molecule is CCC1OC(=O)CC(O)C(C)C(OC2OC(C)C(O)C(N(C)C)C2O)C(CC=NNC(C)=O)CC(C)C(=O)C=CC2(C)OC2C1C. The molecule has 2 fully saturated rings. The average Bonchev–Trinajstić information content (AvgIpc) is 3.67. The van der Waals surface area contributed by atoms with Crippen molar-refractivity contribution < 1.29 is 48.7 Å². The van der Waals surface area contributed by atoms with Crippen LogP contribution >= 0.6 is 0 Å². The summed E-state index contributed by atoms with van der Waals surface area (Å²) < 4.78 is 24.3. The van der Waals surface area contributed by atoms with Crippen LogP contribution < -0.4 is 5.43 Å². The van der Waals surface area contributed by atoms with Crippen molar-refractivity contribution in [2.24, 2.45) is 28.8 Å². The van der Waals surface area contributed by atoms with E-state index in [-0.39, 0.29) is 43.0 Å². The number of rotatable bonds is 7. The maximum Gasteiger partial charge on any atom is 0.308 e. The molecule has 13 nitrogen and oxygen atoms in total. The minimum absolute atomic E-state index is 0.122. The molecule has 0 aliphatic carbocycles. The van der Waals surface area contributed by atoms with Crippen molar-refractivity contribution in [1.29, 1.82) is 0 Å². The lowest BCUT2D eigenvalue weighted by Gasteiger charge is -2.46. The molecule has 3 rings (SSSR count). The van der Waals surface area contributed by atoms with Gasteiger partial charge in [-0.1, -0.05) is 27.7 Å². The molecule has 3 heterocycles. The van der Waals surface area contributed by atoms with Gasteiger partial charge in [-0.25, -0.2) is 5.43 Å². The van der Waals surface area contributed by atoms with Crippen molar-refractivity contribution in [1.82, 2.24) is 10.3 Å². The van der Waals surface area contributed by atoms with Crippen molar-refractivity contribution in [3.8, 4) is 0 Å². The molecule has 14 atom stereocenters. The van der Waals surface area contributed by atoms with Crippen LogP contribution in [0.15, 0.2) is 17.3 Å². The molecule has 14 unspecified atom stereocenters. The highest BCUT2D eigenvalue weighted by Crippen LogP contribution is 2.45. The molecule has 0 aromatic carbocycles. The van der Waals surface area contributed by atoms with E-state index in [0.717, 1.165) is 0 Å². The lowest BCUT2D eigenvalue weighted by molar-refractivity contribution is -0.304.